The Morgan fingerprint density at radius 1 is 1.06 bits per heavy atom. The van der Waals surface area contributed by atoms with Crippen LogP contribution in [0.3, 0.4) is 0 Å². The molecule has 1 heterocycles. The Bertz CT molecular complexity index is 655. The van der Waals surface area contributed by atoms with Crippen molar-refractivity contribution >= 4 is 22.4 Å². The van der Waals surface area contributed by atoms with Crippen molar-refractivity contribution < 1.29 is 4.42 Å². The van der Waals surface area contributed by atoms with Crippen molar-refractivity contribution in [3.8, 4) is 11.5 Å². The number of nitrogens with zero attached hydrogens (tertiary/aromatic N) is 1. The van der Waals surface area contributed by atoms with E-state index < -0.39 is 0 Å². The molecule has 1 aromatic heterocycles. The number of alkyl halides is 1. The van der Waals surface area contributed by atoms with E-state index in [0.717, 1.165) is 16.6 Å². The van der Waals surface area contributed by atoms with Gasteiger partial charge in [0.05, 0.1) is 11.6 Å². The van der Waals surface area contributed by atoms with Crippen LogP contribution in [0.2, 0.25) is 0 Å². The zero-order valence-corrected chi connectivity index (χ0v) is 9.82. The molecular formula is C14H10ClNO. The van der Waals surface area contributed by atoms with Crippen molar-refractivity contribution in [2.45, 2.75) is 5.88 Å². The summed E-state index contributed by atoms with van der Waals surface area (Å²) in [5.41, 5.74) is 1.76. The maximum Gasteiger partial charge on any atom is 0.226 e. The molecule has 3 aromatic rings. The monoisotopic (exact) mass is 243 g/mol. The summed E-state index contributed by atoms with van der Waals surface area (Å²) in [5, 5.41) is 2.31. The predicted molar refractivity (Wildman–Crippen MR) is 69.0 cm³/mol. The van der Waals surface area contributed by atoms with Crippen molar-refractivity contribution in [3.05, 3.63) is 54.4 Å². The van der Waals surface area contributed by atoms with Gasteiger partial charge in [-0.3, -0.25) is 0 Å². The Morgan fingerprint density at radius 3 is 2.71 bits per heavy atom. The molecule has 84 valence electrons. The van der Waals surface area contributed by atoms with Crippen molar-refractivity contribution in [2.75, 3.05) is 0 Å². The quantitative estimate of drug-likeness (QED) is 0.630. The molecule has 3 heteroatoms. The largest absolute Gasteiger partial charge is 0.444 e. The number of benzene rings is 2. The lowest BCUT2D eigenvalue weighted by atomic mass is 10.0. The molecule has 0 aliphatic heterocycles. The van der Waals surface area contributed by atoms with Gasteiger partial charge in [0.2, 0.25) is 5.89 Å². The molecule has 0 saturated heterocycles. The minimum atomic E-state index is 0.369. The van der Waals surface area contributed by atoms with E-state index in [1.54, 1.807) is 6.26 Å². The number of hydrogen-bond donors (Lipinski definition) is 0. The van der Waals surface area contributed by atoms with Gasteiger partial charge in [-0.1, -0.05) is 36.4 Å². The highest BCUT2D eigenvalue weighted by molar-refractivity contribution is 6.16. The molecule has 0 N–H and O–H groups in total. The maximum atomic E-state index is 5.72. The van der Waals surface area contributed by atoms with E-state index in [-0.39, 0.29) is 0 Å². The summed E-state index contributed by atoms with van der Waals surface area (Å²) in [6, 6.07) is 14.3. The second kappa shape index (κ2) is 4.22. The molecule has 0 spiro atoms. The van der Waals surface area contributed by atoms with Crippen molar-refractivity contribution in [2.24, 2.45) is 0 Å². The van der Waals surface area contributed by atoms with Crippen LogP contribution in [-0.2, 0) is 5.88 Å². The normalized spacial score (nSPS) is 10.9. The molecule has 0 radical (unpaired) electrons. The van der Waals surface area contributed by atoms with Crippen molar-refractivity contribution in [1.82, 2.24) is 4.98 Å². The molecule has 0 aliphatic rings. The number of rotatable bonds is 2. The summed E-state index contributed by atoms with van der Waals surface area (Å²) in [7, 11) is 0. The third-order valence-corrected chi connectivity index (χ3v) is 2.98. The van der Waals surface area contributed by atoms with Crippen LogP contribution in [0.25, 0.3) is 22.2 Å². The van der Waals surface area contributed by atoms with Crippen LogP contribution in [0.4, 0.5) is 0 Å². The summed E-state index contributed by atoms with van der Waals surface area (Å²) in [6.45, 7) is 0. The van der Waals surface area contributed by atoms with Gasteiger partial charge in [-0.15, -0.1) is 11.6 Å². The van der Waals surface area contributed by atoms with Crippen LogP contribution < -0.4 is 0 Å². The highest BCUT2D eigenvalue weighted by atomic mass is 35.5. The molecule has 0 fully saturated rings. The van der Waals surface area contributed by atoms with Gasteiger partial charge in [-0.05, 0) is 16.8 Å². The first-order valence-corrected chi connectivity index (χ1v) is 5.90. The summed E-state index contributed by atoms with van der Waals surface area (Å²) < 4.78 is 5.45. The minimum Gasteiger partial charge on any atom is -0.444 e. The SMILES string of the molecule is ClCc1coc(-c2cccc3ccccc23)n1. The molecule has 0 aliphatic carbocycles. The molecule has 2 aromatic carbocycles. The smallest absolute Gasteiger partial charge is 0.226 e. The lowest BCUT2D eigenvalue weighted by Gasteiger charge is -2.01. The molecular weight excluding hydrogens is 234 g/mol. The number of hydrogen-bond acceptors (Lipinski definition) is 2. The zero-order chi connectivity index (χ0) is 11.7. The topological polar surface area (TPSA) is 26.0 Å². The second-order valence-corrected chi connectivity index (χ2v) is 4.07. The van der Waals surface area contributed by atoms with Crippen molar-refractivity contribution in [1.29, 1.82) is 0 Å². The van der Waals surface area contributed by atoms with E-state index in [0.29, 0.717) is 11.8 Å². The van der Waals surface area contributed by atoms with Gasteiger partial charge in [0.15, 0.2) is 0 Å². The van der Waals surface area contributed by atoms with Gasteiger partial charge in [0, 0.05) is 5.56 Å². The highest BCUT2D eigenvalue weighted by Crippen LogP contribution is 2.27. The van der Waals surface area contributed by atoms with E-state index >= 15 is 0 Å². The molecule has 2 nitrogen and oxygen atoms in total. The fourth-order valence-corrected chi connectivity index (χ4v) is 2.03. The molecule has 0 bridgehead atoms. The van der Waals surface area contributed by atoms with Crippen LogP contribution in [0.15, 0.2) is 53.1 Å². The average Bonchev–Trinajstić information content (AvgIpc) is 2.87. The van der Waals surface area contributed by atoms with Gasteiger partial charge in [0.1, 0.15) is 6.26 Å². The van der Waals surface area contributed by atoms with Crippen LogP contribution >= 0.6 is 11.6 Å². The zero-order valence-electron chi connectivity index (χ0n) is 9.06. The summed E-state index contributed by atoms with van der Waals surface area (Å²) in [4.78, 5) is 4.35. The second-order valence-electron chi connectivity index (χ2n) is 3.80. The molecule has 17 heavy (non-hydrogen) atoms. The summed E-state index contributed by atoms with van der Waals surface area (Å²) in [6.07, 6.45) is 1.60. The van der Waals surface area contributed by atoms with Gasteiger partial charge >= 0.3 is 0 Å². The molecule has 0 saturated carbocycles. The van der Waals surface area contributed by atoms with Crippen LogP contribution in [0.5, 0.6) is 0 Å². The minimum absolute atomic E-state index is 0.369. The average molecular weight is 244 g/mol. The van der Waals surface area contributed by atoms with Crippen LogP contribution in [-0.4, -0.2) is 4.98 Å². The summed E-state index contributed by atoms with van der Waals surface area (Å²) >= 11 is 5.72. The van der Waals surface area contributed by atoms with E-state index in [1.165, 1.54) is 5.39 Å². The van der Waals surface area contributed by atoms with E-state index in [4.69, 9.17) is 16.0 Å². The number of halogens is 1. The molecule has 3 rings (SSSR count). The summed E-state index contributed by atoms with van der Waals surface area (Å²) in [5.74, 6) is 0.992. The third-order valence-electron chi connectivity index (χ3n) is 2.71. The van der Waals surface area contributed by atoms with Gasteiger partial charge in [-0.2, -0.15) is 0 Å². The number of oxazole rings is 1. The van der Waals surface area contributed by atoms with Gasteiger partial charge < -0.3 is 4.42 Å². The predicted octanol–water partition coefficient (Wildman–Crippen LogP) is 4.23. The molecule has 0 amide bonds. The Morgan fingerprint density at radius 2 is 1.88 bits per heavy atom. The maximum absolute atomic E-state index is 5.72. The van der Waals surface area contributed by atoms with Crippen LogP contribution in [0, 0.1) is 0 Å². The fourth-order valence-electron chi connectivity index (χ4n) is 1.90. The fraction of sp³-hybridized carbons (Fsp3) is 0.0714. The Hall–Kier alpha value is -1.80. The first-order valence-electron chi connectivity index (χ1n) is 5.37. The lowest BCUT2D eigenvalue weighted by molar-refractivity contribution is 0.574. The van der Waals surface area contributed by atoms with Crippen LogP contribution in [0.1, 0.15) is 5.69 Å². The van der Waals surface area contributed by atoms with Gasteiger partial charge in [0.25, 0.3) is 0 Å². The van der Waals surface area contributed by atoms with Gasteiger partial charge in [-0.25, -0.2) is 4.98 Å². The lowest BCUT2D eigenvalue weighted by Crippen LogP contribution is -1.82. The highest BCUT2D eigenvalue weighted by Gasteiger charge is 2.09. The Balaban J connectivity index is 2.23. The number of fused-ring (bicyclic) bond motifs is 1. The first kappa shape index (κ1) is 10.4. The molecule has 0 unspecified atom stereocenters. The standard InChI is InChI=1S/C14H10ClNO/c15-8-11-9-17-14(16-11)13-7-3-5-10-4-1-2-6-12(10)13/h1-7,9H,8H2. The van der Waals surface area contributed by atoms with E-state index in [9.17, 15) is 0 Å². The Kier molecular flexibility index (Phi) is 2.57. The first-order chi connectivity index (χ1) is 8.38. The Labute approximate surface area is 104 Å². The molecule has 0 atom stereocenters. The van der Waals surface area contributed by atoms with Crippen molar-refractivity contribution in [3.63, 3.8) is 0 Å². The van der Waals surface area contributed by atoms with E-state index in [2.05, 4.69) is 23.2 Å². The third kappa shape index (κ3) is 1.81. The van der Waals surface area contributed by atoms with E-state index in [1.807, 2.05) is 24.3 Å². The number of aromatic nitrogens is 1.